The van der Waals surface area contributed by atoms with Gasteiger partial charge in [0.15, 0.2) is 5.01 Å². The molecule has 2 aromatic rings. The van der Waals surface area contributed by atoms with Crippen molar-refractivity contribution in [3.05, 3.63) is 22.0 Å². The molecule has 2 rings (SSSR count). The monoisotopic (exact) mass is 253 g/mol. The molecule has 5 heteroatoms. The molecule has 0 aliphatic heterocycles. The molecule has 0 aliphatic carbocycles. The van der Waals surface area contributed by atoms with E-state index in [1.807, 2.05) is 7.05 Å². The van der Waals surface area contributed by atoms with E-state index in [-0.39, 0.29) is 6.04 Å². The predicted octanol–water partition coefficient (Wildman–Crippen LogP) is 3.11. The second-order valence-electron chi connectivity index (χ2n) is 3.58. The van der Waals surface area contributed by atoms with Crippen molar-refractivity contribution in [3.63, 3.8) is 0 Å². The molecule has 0 aliphatic rings. The smallest absolute Gasteiger partial charge is 0.158 e. The average Bonchev–Trinajstić information content (AvgIpc) is 2.95. The highest BCUT2D eigenvalue weighted by molar-refractivity contribution is 7.20. The van der Waals surface area contributed by atoms with Crippen LogP contribution in [0.3, 0.4) is 0 Å². The minimum absolute atomic E-state index is 0.274. The van der Waals surface area contributed by atoms with E-state index in [1.165, 1.54) is 10.4 Å². The fourth-order valence-electron chi connectivity index (χ4n) is 1.43. The van der Waals surface area contributed by atoms with E-state index in [2.05, 4.69) is 40.8 Å². The van der Waals surface area contributed by atoms with Gasteiger partial charge in [-0.25, -0.2) is 0 Å². The summed E-state index contributed by atoms with van der Waals surface area (Å²) in [6.07, 6.45) is 1.05. The molecule has 86 valence electrons. The lowest BCUT2D eigenvalue weighted by Gasteiger charge is -2.02. The minimum atomic E-state index is 0.274. The number of thiophene rings is 1. The Bertz CT molecular complexity index is 461. The average molecular weight is 253 g/mol. The molecule has 0 aromatic carbocycles. The van der Waals surface area contributed by atoms with Gasteiger partial charge in [-0.2, -0.15) is 0 Å². The highest BCUT2D eigenvalue weighted by Crippen LogP contribution is 2.33. The normalized spacial score (nSPS) is 12.9. The summed E-state index contributed by atoms with van der Waals surface area (Å²) >= 11 is 3.43. The SMILES string of the molecule is CCc1ccsc1-c1nnc(C(C)NC)s1. The first-order valence-electron chi connectivity index (χ1n) is 5.33. The Hall–Kier alpha value is -0.780. The molecule has 0 saturated carbocycles. The van der Waals surface area contributed by atoms with Crippen molar-refractivity contribution in [2.24, 2.45) is 0 Å². The first-order valence-corrected chi connectivity index (χ1v) is 7.03. The van der Waals surface area contributed by atoms with Crippen LogP contribution in [-0.2, 0) is 6.42 Å². The summed E-state index contributed by atoms with van der Waals surface area (Å²) in [5, 5.41) is 15.9. The molecule has 0 bridgehead atoms. The van der Waals surface area contributed by atoms with Gasteiger partial charge in [0, 0.05) is 0 Å². The fraction of sp³-hybridized carbons (Fsp3) is 0.455. The fourth-order valence-corrected chi connectivity index (χ4v) is 3.45. The first kappa shape index (κ1) is 11.7. The molecule has 0 fully saturated rings. The molecule has 1 N–H and O–H groups in total. The molecular formula is C11H15N3S2. The third-order valence-electron chi connectivity index (χ3n) is 2.57. The molecule has 0 spiro atoms. The Morgan fingerprint density at radius 3 is 2.94 bits per heavy atom. The second kappa shape index (κ2) is 5.03. The summed E-state index contributed by atoms with van der Waals surface area (Å²) in [4.78, 5) is 1.27. The Morgan fingerprint density at radius 1 is 1.44 bits per heavy atom. The van der Waals surface area contributed by atoms with Crippen LogP contribution in [0, 0.1) is 0 Å². The van der Waals surface area contributed by atoms with Crippen molar-refractivity contribution < 1.29 is 0 Å². The quantitative estimate of drug-likeness (QED) is 0.909. The van der Waals surface area contributed by atoms with Crippen LogP contribution in [0.25, 0.3) is 9.88 Å². The Balaban J connectivity index is 2.31. The van der Waals surface area contributed by atoms with Gasteiger partial charge in [-0.1, -0.05) is 18.3 Å². The second-order valence-corrected chi connectivity index (χ2v) is 5.51. The molecule has 0 amide bonds. The van der Waals surface area contributed by atoms with Crippen LogP contribution < -0.4 is 5.32 Å². The topological polar surface area (TPSA) is 37.8 Å². The van der Waals surface area contributed by atoms with Gasteiger partial charge in [-0.05, 0) is 37.4 Å². The van der Waals surface area contributed by atoms with Gasteiger partial charge in [-0.15, -0.1) is 21.5 Å². The number of rotatable bonds is 4. The van der Waals surface area contributed by atoms with Gasteiger partial charge in [-0.3, -0.25) is 0 Å². The predicted molar refractivity (Wildman–Crippen MR) is 70.1 cm³/mol. The highest BCUT2D eigenvalue weighted by atomic mass is 32.1. The van der Waals surface area contributed by atoms with E-state index in [0.717, 1.165) is 16.4 Å². The highest BCUT2D eigenvalue weighted by Gasteiger charge is 2.14. The van der Waals surface area contributed by atoms with E-state index in [4.69, 9.17) is 0 Å². The van der Waals surface area contributed by atoms with Crippen molar-refractivity contribution in [2.45, 2.75) is 26.3 Å². The van der Waals surface area contributed by atoms with Gasteiger partial charge in [0.05, 0.1) is 10.9 Å². The van der Waals surface area contributed by atoms with E-state index in [9.17, 15) is 0 Å². The molecule has 0 saturated heterocycles. The molecular weight excluding hydrogens is 238 g/mol. The summed E-state index contributed by atoms with van der Waals surface area (Å²) in [5.74, 6) is 0. The van der Waals surface area contributed by atoms with Crippen molar-refractivity contribution in [3.8, 4) is 9.88 Å². The number of aromatic nitrogens is 2. The van der Waals surface area contributed by atoms with E-state index >= 15 is 0 Å². The lowest BCUT2D eigenvalue weighted by molar-refractivity contribution is 0.640. The number of hydrogen-bond acceptors (Lipinski definition) is 5. The number of nitrogens with zero attached hydrogens (tertiary/aromatic N) is 2. The van der Waals surface area contributed by atoms with Crippen LogP contribution in [-0.4, -0.2) is 17.2 Å². The van der Waals surface area contributed by atoms with Crippen molar-refractivity contribution in [1.29, 1.82) is 0 Å². The maximum absolute atomic E-state index is 4.28. The maximum Gasteiger partial charge on any atom is 0.158 e. The van der Waals surface area contributed by atoms with Crippen LogP contribution >= 0.6 is 22.7 Å². The number of nitrogens with one attached hydrogen (secondary N) is 1. The van der Waals surface area contributed by atoms with Crippen LogP contribution in [0.5, 0.6) is 0 Å². The zero-order valence-corrected chi connectivity index (χ0v) is 11.3. The van der Waals surface area contributed by atoms with Crippen molar-refractivity contribution >= 4 is 22.7 Å². The Morgan fingerprint density at radius 2 is 2.25 bits per heavy atom. The molecule has 0 radical (unpaired) electrons. The summed E-state index contributed by atoms with van der Waals surface area (Å²) in [6.45, 7) is 4.27. The molecule has 16 heavy (non-hydrogen) atoms. The van der Waals surface area contributed by atoms with Crippen LogP contribution in [0.4, 0.5) is 0 Å². The zero-order valence-electron chi connectivity index (χ0n) is 9.65. The third kappa shape index (κ3) is 2.16. The minimum Gasteiger partial charge on any atom is -0.311 e. The van der Waals surface area contributed by atoms with Gasteiger partial charge in [0.1, 0.15) is 5.01 Å². The van der Waals surface area contributed by atoms with E-state index in [1.54, 1.807) is 22.7 Å². The third-order valence-corrected chi connectivity index (χ3v) is 4.78. The van der Waals surface area contributed by atoms with Crippen LogP contribution in [0.15, 0.2) is 11.4 Å². The summed E-state index contributed by atoms with van der Waals surface area (Å²) in [7, 11) is 1.94. The van der Waals surface area contributed by atoms with Crippen molar-refractivity contribution in [2.75, 3.05) is 7.05 Å². The maximum atomic E-state index is 4.28. The number of aryl methyl sites for hydroxylation is 1. The van der Waals surface area contributed by atoms with Gasteiger partial charge in [0.25, 0.3) is 0 Å². The Kier molecular flexibility index (Phi) is 3.68. The van der Waals surface area contributed by atoms with Gasteiger partial charge >= 0.3 is 0 Å². The lowest BCUT2D eigenvalue weighted by atomic mass is 10.2. The van der Waals surface area contributed by atoms with Crippen LogP contribution in [0.1, 0.15) is 30.5 Å². The number of hydrogen-bond donors (Lipinski definition) is 1. The first-order chi connectivity index (χ1) is 7.76. The van der Waals surface area contributed by atoms with Gasteiger partial charge < -0.3 is 5.32 Å². The molecule has 2 aromatic heterocycles. The summed E-state index contributed by atoms with van der Waals surface area (Å²) < 4.78 is 0. The van der Waals surface area contributed by atoms with Crippen LogP contribution in [0.2, 0.25) is 0 Å². The lowest BCUT2D eigenvalue weighted by Crippen LogP contribution is -2.11. The summed E-state index contributed by atoms with van der Waals surface area (Å²) in [6, 6.07) is 2.44. The Labute approximate surface area is 104 Å². The molecule has 2 heterocycles. The van der Waals surface area contributed by atoms with Gasteiger partial charge in [0.2, 0.25) is 0 Å². The molecule has 1 atom stereocenters. The zero-order chi connectivity index (χ0) is 11.5. The molecule has 3 nitrogen and oxygen atoms in total. The van der Waals surface area contributed by atoms with Crippen molar-refractivity contribution in [1.82, 2.24) is 15.5 Å². The molecule has 1 unspecified atom stereocenters. The largest absolute Gasteiger partial charge is 0.311 e. The van der Waals surface area contributed by atoms with E-state index in [0.29, 0.717) is 0 Å². The van der Waals surface area contributed by atoms with E-state index < -0.39 is 0 Å². The standard InChI is InChI=1S/C11H15N3S2/c1-4-8-5-6-15-9(8)11-14-13-10(16-11)7(2)12-3/h5-7,12H,4H2,1-3H3. The summed E-state index contributed by atoms with van der Waals surface area (Å²) in [5.41, 5.74) is 1.37.